The molecule has 0 heterocycles. The number of carboxylic acids is 1. The van der Waals surface area contributed by atoms with Crippen LogP contribution in [0.4, 0.5) is 8.78 Å². The van der Waals surface area contributed by atoms with E-state index in [0.717, 1.165) is 24.2 Å². The Bertz CT molecular complexity index is 826. The molecule has 0 radical (unpaired) electrons. The topological polar surface area (TPSA) is 49.8 Å². The first-order valence-corrected chi connectivity index (χ1v) is 10.5. The zero-order valence-corrected chi connectivity index (χ0v) is 17.8. The fourth-order valence-electron chi connectivity index (χ4n) is 3.26. The lowest BCUT2D eigenvalue weighted by Crippen LogP contribution is -2.27. The van der Waals surface area contributed by atoms with E-state index >= 15 is 0 Å². The monoisotopic (exact) mass is 419 g/mol. The number of benzene rings is 2. The highest BCUT2D eigenvalue weighted by Crippen LogP contribution is 2.21. The van der Waals surface area contributed by atoms with E-state index in [0.29, 0.717) is 18.7 Å². The van der Waals surface area contributed by atoms with Crippen LogP contribution in [0.2, 0.25) is 0 Å². The van der Waals surface area contributed by atoms with E-state index in [4.69, 9.17) is 9.84 Å². The Kier molecular flexibility index (Phi) is 9.74. The number of halogens is 2. The largest absolute Gasteiger partial charge is 0.494 e. The molecule has 0 aliphatic carbocycles. The second-order valence-corrected chi connectivity index (χ2v) is 7.57. The SMILES string of the molecule is CCCCCCOc1cccc(CN(CCC(=O)O)Cc2c(F)ccc(C)c2F)c1. The van der Waals surface area contributed by atoms with Crippen LogP contribution >= 0.6 is 0 Å². The molecular weight excluding hydrogens is 388 g/mol. The minimum absolute atomic E-state index is 0.00523. The fraction of sp³-hybridized carbons (Fsp3) is 0.458. The van der Waals surface area contributed by atoms with Crippen molar-refractivity contribution in [3.8, 4) is 5.75 Å². The molecule has 6 heteroatoms. The molecule has 2 aromatic rings. The number of aryl methyl sites for hydroxylation is 1. The first-order valence-electron chi connectivity index (χ1n) is 10.5. The molecule has 0 fully saturated rings. The highest BCUT2D eigenvalue weighted by Gasteiger charge is 2.17. The zero-order chi connectivity index (χ0) is 21.9. The maximum absolute atomic E-state index is 14.4. The lowest BCUT2D eigenvalue weighted by molar-refractivity contribution is -0.137. The number of nitrogens with zero attached hydrogens (tertiary/aromatic N) is 1. The van der Waals surface area contributed by atoms with Crippen molar-refractivity contribution in [2.75, 3.05) is 13.2 Å². The molecule has 0 aromatic heterocycles. The quantitative estimate of drug-likeness (QED) is 0.423. The molecule has 0 spiro atoms. The molecule has 30 heavy (non-hydrogen) atoms. The molecule has 1 N–H and O–H groups in total. The van der Waals surface area contributed by atoms with Crippen LogP contribution in [0.25, 0.3) is 0 Å². The lowest BCUT2D eigenvalue weighted by atomic mass is 10.1. The Labute approximate surface area is 177 Å². The molecule has 0 aliphatic heterocycles. The molecule has 4 nitrogen and oxygen atoms in total. The average molecular weight is 420 g/mol. The third-order valence-corrected chi connectivity index (χ3v) is 4.97. The minimum Gasteiger partial charge on any atom is -0.494 e. The first-order chi connectivity index (χ1) is 14.4. The molecule has 0 amide bonds. The number of carbonyl (C=O) groups is 1. The number of rotatable bonds is 13. The Hall–Kier alpha value is -2.47. The van der Waals surface area contributed by atoms with Gasteiger partial charge in [-0.3, -0.25) is 9.69 Å². The maximum atomic E-state index is 14.4. The van der Waals surface area contributed by atoms with Crippen LogP contribution in [-0.2, 0) is 17.9 Å². The molecule has 0 unspecified atom stereocenters. The van der Waals surface area contributed by atoms with Crippen molar-refractivity contribution in [3.63, 3.8) is 0 Å². The summed E-state index contributed by atoms with van der Waals surface area (Å²) in [6.07, 6.45) is 4.38. The molecule has 2 aromatic carbocycles. The summed E-state index contributed by atoms with van der Waals surface area (Å²) in [7, 11) is 0. The second-order valence-electron chi connectivity index (χ2n) is 7.57. The smallest absolute Gasteiger partial charge is 0.304 e. The molecule has 0 saturated carbocycles. The van der Waals surface area contributed by atoms with Crippen molar-refractivity contribution in [1.82, 2.24) is 4.90 Å². The number of aliphatic carboxylic acids is 1. The molecule has 164 valence electrons. The van der Waals surface area contributed by atoms with Crippen molar-refractivity contribution in [1.29, 1.82) is 0 Å². The average Bonchev–Trinajstić information content (AvgIpc) is 2.72. The van der Waals surface area contributed by atoms with Gasteiger partial charge in [0.25, 0.3) is 0 Å². The van der Waals surface area contributed by atoms with Crippen LogP contribution in [0.3, 0.4) is 0 Å². The van der Waals surface area contributed by atoms with Gasteiger partial charge in [-0.2, -0.15) is 0 Å². The van der Waals surface area contributed by atoms with Gasteiger partial charge in [-0.15, -0.1) is 0 Å². The normalized spacial score (nSPS) is 11.1. The van der Waals surface area contributed by atoms with Crippen LogP contribution in [0.15, 0.2) is 36.4 Å². The second kappa shape index (κ2) is 12.3. The van der Waals surface area contributed by atoms with Crippen LogP contribution in [0.1, 0.15) is 55.7 Å². The van der Waals surface area contributed by atoms with Gasteiger partial charge in [0, 0.05) is 25.2 Å². The lowest BCUT2D eigenvalue weighted by Gasteiger charge is -2.23. The Morgan fingerprint density at radius 1 is 1.10 bits per heavy atom. The van der Waals surface area contributed by atoms with Crippen molar-refractivity contribution >= 4 is 5.97 Å². The third kappa shape index (κ3) is 7.75. The molecular formula is C24H31F2NO3. The van der Waals surface area contributed by atoms with Crippen molar-refractivity contribution in [2.24, 2.45) is 0 Å². The molecule has 2 rings (SSSR count). The van der Waals surface area contributed by atoms with E-state index in [1.807, 2.05) is 24.3 Å². The number of hydrogen-bond donors (Lipinski definition) is 1. The minimum atomic E-state index is -0.950. The van der Waals surface area contributed by atoms with E-state index in [1.165, 1.54) is 25.0 Å². The van der Waals surface area contributed by atoms with E-state index in [1.54, 1.807) is 11.8 Å². The molecule has 0 aliphatic rings. The van der Waals surface area contributed by atoms with E-state index < -0.39 is 17.6 Å². The van der Waals surface area contributed by atoms with Gasteiger partial charge in [-0.05, 0) is 42.7 Å². The Morgan fingerprint density at radius 2 is 1.90 bits per heavy atom. The summed E-state index contributed by atoms with van der Waals surface area (Å²) < 4.78 is 34.5. The number of unbranched alkanes of at least 4 members (excludes halogenated alkanes) is 3. The fourth-order valence-corrected chi connectivity index (χ4v) is 3.26. The summed E-state index contributed by atoms with van der Waals surface area (Å²) in [5.41, 5.74) is 1.23. The number of ether oxygens (including phenoxy) is 1. The molecule has 0 saturated heterocycles. The van der Waals surface area contributed by atoms with E-state index in [2.05, 4.69) is 6.92 Å². The molecule has 0 bridgehead atoms. The summed E-state index contributed by atoms with van der Waals surface area (Å²) in [5.74, 6) is -1.41. The van der Waals surface area contributed by atoms with E-state index in [9.17, 15) is 13.6 Å². The van der Waals surface area contributed by atoms with Gasteiger partial charge in [-0.1, -0.05) is 44.4 Å². The van der Waals surface area contributed by atoms with Crippen LogP contribution in [0.5, 0.6) is 5.75 Å². The Balaban J connectivity index is 2.08. The highest BCUT2D eigenvalue weighted by molar-refractivity contribution is 5.66. The first kappa shape index (κ1) is 23.8. The van der Waals surface area contributed by atoms with Crippen LogP contribution in [-0.4, -0.2) is 29.1 Å². The van der Waals surface area contributed by atoms with Crippen molar-refractivity contribution < 1.29 is 23.4 Å². The van der Waals surface area contributed by atoms with Gasteiger partial charge >= 0.3 is 5.97 Å². The Morgan fingerprint density at radius 3 is 2.63 bits per heavy atom. The van der Waals surface area contributed by atoms with Crippen LogP contribution in [0, 0.1) is 18.6 Å². The summed E-state index contributed by atoms with van der Waals surface area (Å²) in [6.45, 7) is 4.94. The van der Waals surface area contributed by atoms with Crippen LogP contribution < -0.4 is 4.74 Å². The van der Waals surface area contributed by atoms with Gasteiger partial charge < -0.3 is 9.84 Å². The van der Waals surface area contributed by atoms with Crippen molar-refractivity contribution in [2.45, 2.75) is 59.0 Å². The van der Waals surface area contributed by atoms with Gasteiger partial charge in [0.1, 0.15) is 17.4 Å². The van der Waals surface area contributed by atoms with E-state index in [-0.39, 0.29) is 25.1 Å². The number of hydrogen-bond acceptors (Lipinski definition) is 3. The van der Waals surface area contributed by atoms with Gasteiger partial charge in [0.2, 0.25) is 0 Å². The number of carboxylic acid groups (broad SMARTS) is 1. The van der Waals surface area contributed by atoms with Gasteiger partial charge in [0.15, 0.2) is 0 Å². The predicted octanol–water partition coefficient (Wildman–Crippen LogP) is 5.71. The standard InChI is InChI=1S/C24H31F2NO3/c1-3-4-5-6-14-30-20-9-7-8-19(15-20)16-27(13-12-23(28)29)17-21-22(25)11-10-18(2)24(21)26/h7-11,15H,3-6,12-14,16-17H2,1-2H3,(H,28,29). The zero-order valence-electron chi connectivity index (χ0n) is 17.8. The highest BCUT2D eigenvalue weighted by atomic mass is 19.1. The van der Waals surface area contributed by atoms with Gasteiger partial charge in [-0.25, -0.2) is 8.78 Å². The summed E-state index contributed by atoms with van der Waals surface area (Å²) in [4.78, 5) is 12.8. The summed E-state index contributed by atoms with van der Waals surface area (Å²) in [6, 6.07) is 10.2. The van der Waals surface area contributed by atoms with Crippen molar-refractivity contribution in [3.05, 3.63) is 64.7 Å². The predicted molar refractivity (Wildman–Crippen MR) is 114 cm³/mol. The molecule has 0 atom stereocenters. The third-order valence-electron chi connectivity index (χ3n) is 4.97. The van der Waals surface area contributed by atoms with Gasteiger partial charge in [0.05, 0.1) is 13.0 Å². The summed E-state index contributed by atoms with van der Waals surface area (Å²) >= 11 is 0. The maximum Gasteiger partial charge on any atom is 0.304 e. The summed E-state index contributed by atoms with van der Waals surface area (Å²) in [5, 5.41) is 9.06.